The van der Waals surface area contributed by atoms with Crippen molar-refractivity contribution in [1.82, 2.24) is 0 Å². The third kappa shape index (κ3) is 4.70. The number of aromatic hydroxyl groups is 1. The fourth-order valence-corrected chi connectivity index (χ4v) is 2.92. The van der Waals surface area contributed by atoms with Gasteiger partial charge in [-0.1, -0.05) is 17.9 Å². The van der Waals surface area contributed by atoms with Crippen LogP contribution in [-0.4, -0.2) is 22.1 Å². The zero-order valence-electron chi connectivity index (χ0n) is 16.0. The predicted octanol–water partition coefficient (Wildman–Crippen LogP) is 4.41. The van der Waals surface area contributed by atoms with Gasteiger partial charge < -0.3 is 15.9 Å². The van der Waals surface area contributed by atoms with Gasteiger partial charge in [0.1, 0.15) is 11.6 Å². The maximum atomic E-state index is 14.2. The van der Waals surface area contributed by atoms with E-state index in [1.807, 2.05) is 0 Å². The minimum atomic E-state index is -4.77. The van der Waals surface area contributed by atoms with Gasteiger partial charge in [0.2, 0.25) is 0 Å². The van der Waals surface area contributed by atoms with Crippen LogP contribution >= 0.6 is 0 Å². The number of hydrogen-bond donors (Lipinski definition) is 3. The van der Waals surface area contributed by atoms with Crippen LogP contribution in [0, 0.1) is 17.7 Å². The van der Waals surface area contributed by atoms with Crippen molar-refractivity contribution >= 4 is 11.9 Å². The minimum Gasteiger partial charge on any atom is -0.508 e. The lowest BCUT2D eigenvalue weighted by molar-refractivity contribution is -0.137. The Kier molecular flexibility index (Phi) is 5.89. The second kappa shape index (κ2) is 8.43. The van der Waals surface area contributed by atoms with E-state index in [-0.39, 0.29) is 27.8 Å². The van der Waals surface area contributed by atoms with Crippen LogP contribution in [0.5, 0.6) is 5.75 Å². The number of carboxylic acid groups (broad SMARTS) is 1. The van der Waals surface area contributed by atoms with Crippen LogP contribution in [0.2, 0.25) is 0 Å². The average Bonchev–Trinajstić information content (AvgIpc) is 2.71. The van der Waals surface area contributed by atoms with E-state index in [1.54, 1.807) is 0 Å². The predicted molar refractivity (Wildman–Crippen MR) is 106 cm³/mol. The molecular formula is C23H13F4NO4. The number of benzene rings is 3. The van der Waals surface area contributed by atoms with Crippen molar-refractivity contribution in [1.29, 1.82) is 0 Å². The highest BCUT2D eigenvalue weighted by molar-refractivity contribution is 5.94. The van der Waals surface area contributed by atoms with E-state index in [4.69, 9.17) is 5.73 Å². The number of phenolic OH excluding ortho intramolecular Hbond substituents is 1. The zero-order valence-corrected chi connectivity index (χ0v) is 16.0. The number of amides is 1. The Morgan fingerprint density at radius 2 is 1.56 bits per heavy atom. The molecule has 3 aromatic carbocycles. The van der Waals surface area contributed by atoms with Crippen molar-refractivity contribution in [2.24, 2.45) is 5.73 Å². The van der Waals surface area contributed by atoms with Crippen LogP contribution < -0.4 is 5.73 Å². The van der Waals surface area contributed by atoms with Crippen molar-refractivity contribution in [2.75, 3.05) is 0 Å². The molecule has 4 N–H and O–H groups in total. The molecule has 0 aromatic heterocycles. The number of carbonyl (C=O) groups is 2. The number of halogens is 4. The van der Waals surface area contributed by atoms with Gasteiger partial charge in [0.25, 0.3) is 5.91 Å². The normalized spacial score (nSPS) is 10.9. The van der Waals surface area contributed by atoms with Crippen LogP contribution in [0.15, 0.2) is 54.6 Å². The van der Waals surface area contributed by atoms with Crippen molar-refractivity contribution in [3.63, 3.8) is 0 Å². The van der Waals surface area contributed by atoms with Gasteiger partial charge in [-0.3, -0.25) is 4.79 Å². The number of aromatic carboxylic acids is 1. The van der Waals surface area contributed by atoms with Gasteiger partial charge >= 0.3 is 12.1 Å². The smallest absolute Gasteiger partial charge is 0.417 e. The van der Waals surface area contributed by atoms with Crippen LogP contribution in [0.4, 0.5) is 17.6 Å². The van der Waals surface area contributed by atoms with Gasteiger partial charge in [-0.25, -0.2) is 9.18 Å². The van der Waals surface area contributed by atoms with Gasteiger partial charge in [-0.15, -0.1) is 0 Å². The summed E-state index contributed by atoms with van der Waals surface area (Å²) in [6.45, 7) is 0. The average molecular weight is 443 g/mol. The molecule has 162 valence electrons. The maximum Gasteiger partial charge on any atom is 0.417 e. The second-order valence-electron chi connectivity index (χ2n) is 6.60. The monoisotopic (exact) mass is 443 g/mol. The van der Waals surface area contributed by atoms with Crippen LogP contribution in [0.25, 0.3) is 11.1 Å². The third-order valence-electron chi connectivity index (χ3n) is 4.45. The van der Waals surface area contributed by atoms with Crippen molar-refractivity contribution in [3.05, 3.63) is 88.2 Å². The summed E-state index contributed by atoms with van der Waals surface area (Å²) >= 11 is 0. The molecule has 0 atom stereocenters. The summed E-state index contributed by atoms with van der Waals surface area (Å²) in [5.41, 5.74) is 3.35. The molecule has 1 amide bonds. The van der Waals surface area contributed by atoms with E-state index in [9.17, 15) is 37.4 Å². The van der Waals surface area contributed by atoms with E-state index in [0.29, 0.717) is 6.07 Å². The van der Waals surface area contributed by atoms with Crippen molar-refractivity contribution < 1.29 is 37.4 Å². The zero-order chi connectivity index (χ0) is 23.6. The molecule has 0 saturated heterocycles. The third-order valence-corrected chi connectivity index (χ3v) is 4.45. The summed E-state index contributed by atoms with van der Waals surface area (Å²) < 4.78 is 54.0. The summed E-state index contributed by atoms with van der Waals surface area (Å²) in [4.78, 5) is 22.6. The molecule has 3 aromatic rings. The van der Waals surface area contributed by atoms with E-state index >= 15 is 0 Å². The van der Waals surface area contributed by atoms with Gasteiger partial charge in [-0.2, -0.15) is 13.2 Å². The lowest BCUT2D eigenvalue weighted by atomic mass is 9.95. The first-order chi connectivity index (χ1) is 15.0. The molecule has 32 heavy (non-hydrogen) atoms. The van der Waals surface area contributed by atoms with Crippen molar-refractivity contribution in [2.45, 2.75) is 6.18 Å². The Bertz CT molecular complexity index is 1300. The minimum absolute atomic E-state index is 0.113. The summed E-state index contributed by atoms with van der Waals surface area (Å²) in [7, 11) is 0. The number of alkyl halides is 3. The first kappa shape index (κ1) is 22.4. The molecule has 0 radical (unpaired) electrons. The van der Waals surface area contributed by atoms with Gasteiger partial charge in [-0.05, 0) is 59.7 Å². The fourth-order valence-electron chi connectivity index (χ4n) is 2.92. The molecule has 0 aliphatic rings. The summed E-state index contributed by atoms with van der Waals surface area (Å²) in [5.74, 6) is 1.10. The van der Waals surface area contributed by atoms with Crippen LogP contribution in [0.3, 0.4) is 0 Å². The lowest BCUT2D eigenvalue weighted by Crippen LogP contribution is -2.13. The first-order valence-electron chi connectivity index (χ1n) is 8.86. The Morgan fingerprint density at radius 3 is 2.16 bits per heavy atom. The van der Waals surface area contributed by atoms with E-state index in [1.165, 1.54) is 24.3 Å². The van der Waals surface area contributed by atoms with Gasteiger partial charge in [0.05, 0.1) is 16.7 Å². The Morgan fingerprint density at radius 1 is 0.906 bits per heavy atom. The molecule has 3 rings (SSSR count). The molecule has 0 unspecified atom stereocenters. The van der Waals surface area contributed by atoms with Crippen molar-refractivity contribution in [3.8, 4) is 28.7 Å². The Labute approximate surface area is 178 Å². The van der Waals surface area contributed by atoms with E-state index < -0.39 is 40.7 Å². The number of nitrogens with two attached hydrogens (primary N) is 1. The molecule has 0 bridgehead atoms. The van der Waals surface area contributed by atoms with Gasteiger partial charge in [0.15, 0.2) is 0 Å². The largest absolute Gasteiger partial charge is 0.508 e. The molecular weight excluding hydrogens is 430 g/mol. The lowest BCUT2D eigenvalue weighted by Gasteiger charge is -2.10. The number of hydrogen-bond acceptors (Lipinski definition) is 3. The first-order valence-corrected chi connectivity index (χ1v) is 8.86. The summed E-state index contributed by atoms with van der Waals surface area (Å²) in [6, 6.07) is 9.63. The number of phenols is 1. The number of primary amides is 1. The SMILES string of the molecule is NC(=O)c1ccc(-c2cc(C(=O)O)ccc2C#Cc2ccc(O)cc2C(F)(F)F)cc1F. The van der Waals surface area contributed by atoms with Crippen LogP contribution in [0.1, 0.15) is 37.4 Å². The topological polar surface area (TPSA) is 101 Å². The standard InChI is InChI=1S/C23H13F4NO4/c24-20-10-14(6-8-17(20)21(28)30)18-9-15(22(31)32)4-2-12(18)1-3-13-5-7-16(29)11-19(13)23(25,26)27/h2,4-11,29H,(H2,28,30)(H,31,32). The highest BCUT2D eigenvalue weighted by atomic mass is 19.4. The highest BCUT2D eigenvalue weighted by Gasteiger charge is 2.33. The Balaban J connectivity index is 2.18. The summed E-state index contributed by atoms with van der Waals surface area (Å²) in [5, 5.41) is 18.6. The molecule has 0 spiro atoms. The molecule has 0 heterocycles. The number of rotatable bonds is 3. The highest BCUT2D eigenvalue weighted by Crippen LogP contribution is 2.34. The molecule has 0 aliphatic heterocycles. The molecule has 0 aliphatic carbocycles. The second-order valence-corrected chi connectivity index (χ2v) is 6.60. The van der Waals surface area contributed by atoms with Gasteiger partial charge in [0, 0.05) is 11.1 Å². The molecule has 0 saturated carbocycles. The van der Waals surface area contributed by atoms with E-state index in [0.717, 1.165) is 24.3 Å². The summed E-state index contributed by atoms with van der Waals surface area (Å²) in [6.07, 6.45) is -4.77. The molecule has 0 fully saturated rings. The Hall–Kier alpha value is -4.32. The van der Waals surface area contributed by atoms with E-state index in [2.05, 4.69) is 11.8 Å². The molecule has 9 heteroatoms. The fraction of sp³-hybridized carbons (Fsp3) is 0.0435. The molecule has 5 nitrogen and oxygen atoms in total. The number of carboxylic acids is 1. The number of carbonyl (C=O) groups excluding carboxylic acids is 1. The maximum absolute atomic E-state index is 14.2. The quantitative estimate of drug-likeness (QED) is 0.412. The van der Waals surface area contributed by atoms with Crippen LogP contribution in [-0.2, 0) is 6.18 Å².